The molecule has 2 aliphatic rings. The van der Waals surface area contributed by atoms with Crippen LogP contribution in [0, 0.1) is 0 Å². The molecule has 0 radical (unpaired) electrons. The number of hydrogen-bond acceptors (Lipinski definition) is 6. The van der Waals surface area contributed by atoms with E-state index in [1.165, 1.54) is 4.90 Å². The highest BCUT2D eigenvalue weighted by Gasteiger charge is 2.43. The summed E-state index contributed by atoms with van der Waals surface area (Å²) >= 11 is 0. The zero-order valence-corrected chi connectivity index (χ0v) is 16.7. The molecule has 29 heavy (non-hydrogen) atoms. The van der Waals surface area contributed by atoms with Gasteiger partial charge >= 0.3 is 0 Å². The van der Waals surface area contributed by atoms with Crippen molar-refractivity contribution >= 4 is 23.3 Å². The molecule has 2 amide bonds. The molecule has 3 heterocycles. The van der Waals surface area contributed by atoms with Gasteiger partial charge in [-0.3, -0.25) is 14.5 Å². The number of hydrogen-bond donors (Lipinski definition) is 0. The van der Waals surface area contributed by atoms with Crippen molar-refractivity contribution in [3.63, 3.8) is 0 Å². The number of piperazine rings is 1. The van der Waals surface area contributed by atoms with E-state index in [-0.39, 0.29) is 24.3 Å². The monoisotopic (exact) mass is 394 g/mol. The topological polar surface area (TPSA) is 66.0 Å². The summed E-state index contributed by atoms with van der Waals surface area (Å²) in [4.78, 5) is 35.7. The lowest BCUT2D eigenvalue weighted by Gasteiger charge is -2.37. The number of amides is 2. The largest absolute Gasteiger partial charge is 0.494 e. The molecule has 1 aromatic heterocycles. The van der Waals surface area contributed by atoms with Crippen LogP contribution < -0.4 is 14.5 Å². The maximum atomic E-state index is 13.0. The zero-order chi connectivity index (χ0) is 20.2. The highest BCUT2D eigenvalue weighted by molar-refractivity contribution is 6.22. The average molecular weight is 394 g/mol. The van der Waals surface area contributed by atoms with Gasteiger partial charge in [0.2, 0.25) is 5.91 Å². The number of rotatable bonds is 6. The van der Waals surface area contributed by atoms with Gasteiger partial charge < -0.3 is 9.64 Å². The molecule has 1 aromatic carbocycles. The number of carbonyl (C=O) groups is 2. The van der Waals surface area contributed by atoms with Gasteiger partial charge in [-0.2, -0.15) is 0 Å². The van der Waals surface area contributed by atoms with E-state index >= 15 is 0 Å². The molecular formula is C22H26N4O3. The molecule has 7 nitrogen and oxygen atoms in total. The lowest BCUT2D eigenvalue weighted by atomic mass is 10.1. The molecule has 2 fully saturated rings. The Labute approximate surface area is 170 Å². The van der Waals surface area contributed by atoms with E-state index in [0.717, 1.165) is 44.2 Å². The number of pyridine rings is 1. The van der Waals surface area contributed by atoms with Gasteiger partial charge in [0.25, 0.3) is 5.91 Å². The molecule has 2 aromatic rings. The molecule has 0 aliphatic carbocycles. The van der Waals surface area contributed by atoms with Crippen molar-refractivity contribution in [2.24, 2.45) is 0 Å². The molecule has 4 rings (SSSR count). The van der Waals surface area contributed by atoms with Gasteiger partial charge in [0, 0.05) is 32.4 Å². The van der Waals surface area contributed by atoms with Crippen molar-refractivity contribution in [3.8, 4) is 5.75 Å². The maximum Gasteiger partial charge on any atom is 0.251 e. The van der Waals surface area contributed by atoms with E-state index in [0.29, 0.717) is 12.3 Å². The normalized spacial score (nSPS) is 20.4. The first-order chi connectivity index (χ1) is 14.2. The minimum absolute atomic E-state index is 0.136. The summed E-state index contributed by atoms with van der Waals surface area (Å²) in [6, 6.07) is 12.7. The average Bonchev–Trinajstić information content (AvgIpc) is 3.07. The Morgan fingerprint density at radius 1 is 1.03 bits per heavy atom. The molecular weight excluding hydrogens is 368 g/mol. The second-order valence-electron chi connectivity index (χ2n) is 7.34. The summed E-state index contributed by atoms with van der Waals surface area (Å²) in [6.07, 6.45) is 2.95. The molecule has 2 aliphatic heterocycles. The van der Waals surface area contributed by atoms with Gasteiger partial charge in [-0.1, -0.05) is 13.0 Å². The number of imide groups is 1. The van der Waals surface area contributed by atoms with Crippen LogP contribution in [0.25, 0.3) is 0 Å². The van der Waals surface area contributed by atoms with Crippen molar-refractivity contribution in [2.75, 3.05) is 42.6 Å². The van der Waals surface area contributed by atoms with Crippen LogP contribution in [0.5, 0.6) is 5.75 Å². The van der Waals surface area contributed by atoms with Crippen molar-refractivity contribution < 1.29 is 14.3 Å². The molecule has 2 saturated heterocycles. The highest BCUT2D eigenvalue weighted by Crippen LogP contribution is 2.28. The quantitative estimate of drug-likeness (QED) is 0.701. The number of anilines is 2. The fourth-order valence-electron chi connectivity index (χ4n) is 3.89. The van der Waals surface area contributed by atoms with E-state index in [1.807, 2.05) is 37.3 Å². The number of benzene rings is 1. The number of aromatic nitrogens is 1. The zero-order valence-electron chi connectivity index (χ0n) is 16.7. The van der Waals surface area contributed by atoms with Crippen LogP contribution in [0.3, 0.4) is 0 Å². The summed E-state index contributed by atoms with van der Waals surface area (Å²) in [5.74, 6) is 1.42. The van der Waals surface area contributed by atoms with Gasteiger partial charge in [-0.15, -0.1) is 0 Å². The van der Waals surface area contributed by atoms with Crippen molar-refractivity contribution in [3.05, 3.63) is 48.7 Å². The minimum atomic E-state index is -0.385. The van der Waals surface area contributed by atoms with Crippen LogP contribution in [-0.2, 0) is 9.59 Å². The van der Waals surface area contributed by atoms with Crippen LogP contribution in [0.1, 0.15) is 19.8 Å². The summed E-state index contributed by atoms with van der Waals surface area (Å²) < 4.78 is 5.58. The third-order valence-corrected chi connectivity index (χ3v) is 5.42. The first-order valence-electron chi connectivity index (χ1n) is 10.2. The summed E-state index contributed by atoms with van der Waals surface area (Å²) in [5, 5.41) is 0. The first-order valence-corrected chi connectivity index (χ1v) is 10.2. The number of ether oxygens (including phenoxy) is 1. The molecule has 1 unspecified atom stereocenters. The second-order valence-corrected chi connectivity index (χ2v) is 7.34. The molecule has 0 bridgehead atoms. The van der Waals surface area contributed by atoms with Gasteiger partial charge in [0.15, 0.2) is 0 Å². The summed E-state index contributed by atoms with van der Waals surface area (Å²) in [5.41, 5.74) is 0.610. The Hall–Kier alpha value is -2.93. The fraction of sp³-hybridized carbons (Fsp3) is 0.409. The van der Waals surface area contributed by atoms with Crippen LogP contribution in [0.2, 0.25) is 0 Å². The van der Waals surface area contributed by atoms with Gasteiger partial charge in [0.05, 0.1) is 24.8 Å². The van der Waals surface area contributed by atoms with E-state index in [9.17, 15) is 9.59 Å². The Balaban J connectivity index is 1.39. The molecule has 7 heteroatoms. The van der Waals surface area contributed by atoms with Crippen LogP contribution in [0.4, 0.5) is 11.5 Å². The molecule has 0 spiro atoms. The van der Waals surface area contributed by atoms with Gasteiger partial charge in [-0.05, 0) is 42.8 Å². The van der Waals surface area contributed by atoms with Crippen LogP contribution in [0.15, 0.2) is 48.7 Å². The second kappa shape index (κ2) is 8.61. The van der Waals surface area contributed by atoms with E-state index < -0.39 is 0 Å². The van der Waals surface area contributed by atoms with E-state index in [2.05, 4.69) is 14.8 Å². The lowest BCUT2D eigenvalue weighted by molar-refractivity contribution is -0.123. The summed E-state index contributed by atoms with van der Waals surface area (Å²) in [6.45, 7) is 5.74. The first kappa shape index (κ1) is 19.4. The van der Waals surface area contributed by atoms with E-state index in [4.69, 9.17) is 4.74 Å². The Kier molecular flexibility index (Phi) is 5.76. The molecule has 1 atom stereocenters. The third-order valence-electron chi connectivity index (χ3n) is 5.42. The minimum Gasteiger partial charge on any atom is -0.494 e. The number of nitrogens with zero attached hydrogens (tertiary/aromatic N) is 4. The molecule has 0 saturated carbocycles. The Bertz CT molecular complexity index is 848. The van der Waals surface area contributed by atoms with Crippen LogP contribution >= 0.6 is 0 Å². The van der Waals surface area contributed by atoms with Crippen molar-refractivity contribution in [1.82, 2.24) is 9.88 Å². The summed E-state index contributed by atoms with van der Waals surface area (Å²) in [7, 11) is 0. The Morgan fingerprint density at radius 2 is 1.79 bits per heavy atom. The van der Waals surface area contributed by atoms with Gasteiger partial charge in [0.1, 0.15) is 11.6 Å². The predicted molar refractivity (Wildman–Crippen MR) is 111 cm³/mol. The fourth-order valence-corrected chi connectivity index (χ4v) is 3.89. The van der Waals surface area contributed by atoms with Crippen LogP contribution in [-0.4, -0.2) is 60.5 Å². The highest BCUT2D eigenvalue weighted by atomic mass is 16.5. The predicted octanol–water partition coefficient (Wildman–Crippen LogP) is 2.32. The third kappa shape index (κ3) is 4.10. The maximum absolute atomic E-state index is 13.0. The Morgan fingerprint density at radius 3 is 2.45 bits per heavy atom. The molecule has 152 valence electrons. The molecule has 0 N–H and O–H groups in total. The standard InChI is InChI=1S/C22H26N4O3/c1-2-15-29-18-8-6-17(7-9-18)26-21(27)16-19(22(26)28)24-11-13-25(14-12-24)20-5-3-4-10-23-20/h3-10,19H,2,11-16H2,1H3. The van der Waals surface area contributed by atoms with Gasteiger partial charge in [-0.25, -0.2) is 9.88 Å². The van der Waals surface area contributed by atoms with Crippen molar-refractivity contribution in [1.29, 1.82) is 0 Å². The van der Waals surface area contributed by atoms with Crippen molar-refractivity contribution in [2.45, 2.75) is 25.8 Å². The SMILES string of the molecule is CCCOc1ccc(N2C(=O)CC(N3CCN(c4ccccn4)CC3)C2=O)cc1. The number of carbonyl (C=O) groups excluding carboxylic acids is 2. The van der Waals surface area contributed by atoms with E-state index in [1.54, 1.807) is 18.3 Å². The lowest BCUT2D eigenvalue weighted by Crippen LogP contribution is -2.52. The smallest absolute Gasteiger partial charge is 0.251 e.